The number of hydrogen-bond donors (Lipinski definition) is 1. The first-order valence-electron chi connectivity index (χ1n) is 8.47. The molecular weight excluding hydrogens is 262 g/mol. The Morgan fingerprint density at radius 3 is 2.81 bits per heavy atom. The number of ether oxygens (including phenoxy) is 1. The summed E-state index contributed by atoms with van der Waals surface area (Å²) in [6, 6.07) is 4.12. The molecule has 1 fully saturated rings. The van der Waals surface area contributed by atoms with E-state index in [1.165, 1.54) is 32.4 Å². The fraction of sp³-hybridized carbons (Fsp3) is 0.778. The lowest BCUT2D eigenvalue weighted by molar-refractivity contribution is -0.662. The lowest BCUT2D eigenvalue weighted by Crippen LogP contribution is -2.86. The molecule has 0 aromatic carbocycles. The van der Waals surface area contributed by atoms with Crippen molar-refractivity contribution in [2.24, 2.45) is 11.8 Å². The zero-order valence-corrected chi connectivity index (χ0v) is 14.1. The lowest BCUT2D eigenvalue weighted by Gasteiger charge is -2.34. The van der Waals surface area contributed by atoms with E-state index in [1.54, 1.807) is 6.26 Å². The van der Waals surface area contributed by atoms with Crippen LogP contribution in [-0.2, 0) is 4.74 Å². The van der Waals surface area contributed by atoms with Crippen molar-refractivity contribution in [3.63, 3.8) is 0 Å². The summed E-state index contributed by atoms with van der Waals surface area (Å²) in [7, 11) is 0. The van der Waals surface area contributed by atoms with Crippen molar-refractivity contribution in [3.05, 3.63) is 24.2 Å². The zero-order chi connectivity index (χ0) is 15.3. The second-order valence-electron chi connectivity index (χ2n) is 7.43. The topological polar surface area (TPSA) is 39.0 Å². The molecule has 3 heteroatoms. The van der Waals surface area contributed by atoms with Crippen LogP contribution >= 0.6 is 0 Å². The van der Waals surface area contributed by atoms with Gasteiger partial charge in [-0.1, -0.05) is 13.8 Å². The highest BCUT2D eigenvalue weighted by molar-refractivity contribution is 5.06. The Bertz CT molecular complexity index is 397. The molecule has 120 valence electrons. The monoisotopic (exact) mass is 294 g/mol. The van der Waals surface area contributed by atoms with Gasteiger partial charge in [-0.05, 0) is 44.7 Å². The number of rotatable bonds is 7. The van der Waals surface area contributed by atoms with Gasteiger partial charge in [0, 0.05) is 24.9 Å². The molecule has 2 atom stereocenters. The maximum Gasteiger partial charge on any atom is 0.107 e. The van der Waals surface area contributed by atoms with Gasteiger partial charge in [0.05, 0.1) is 25.0 Å². The summed E-state index contributed by atoms with van der Waals surface area (Å²) in [5.74, 6) is 3.12. The first kappa shape index (κ1) is 16.6. The summed E-state index contributed by atoms with van der Waals surface area (Å²) < 4.78 is 11.4. The average Bonchev–Trinajstić information content (AvgIpc) is 2.90. The smallest absolute Gasteiger partial charge is 0.107 e. The van der Waals surface area contributed by atoms with Crippen molar-refractivity contribution in [3.8, 4) is 0 Å². The SMILES string of the molecule is CC(C)[C@@H](CC[NH2+]C[C@@H]1CCOC(C)(C)C1)c1ccco1. The maximum atomic E-state index is 5.79. The highest BCUT2D eigenvalue weighted by atomic mass is 16.5. The highest BCUT2D eigenvalue weighted by Crippen LogP contribution is 2.28. The molecule has 1 aromatic rings. The largest absolute Gasteiger partial charge is 0.469 e. The van der Waals surface area contributed by atoms with E-state index in [4.69, 9.17) is 9.15 Å². The van der Waals surface area contributed by atoms with E-state index in [1.807, 2.05) is 6.07 Å². The number of nitrogens with two attached hydrogens (primary N) is 1. The third-order valence-corrected chi connectivity index (χ3v) is 4.69. The molecule has 0 spiro atoms. The van der Waals surface area contributed by atoms with Crippen LogP contribution in [0, 0.1) is 11.8 Å². The predicted molar refractivity (Wildman–Crippen MR) is 85.3 cm³/mol. The van der Waals surface area contributed by atoms with Crippen molar-refractivity contribution in [1.82, 2.24) is 0 Å². The summed E-state index contributed by atoms with van der Waals surface area (Å²) in [6.45, 7) is 12.3. The van der Waals surface area contributed by atoms with Gasteiger partial charge in [-0.3, -0.25) is 0 Å². The molecule has 1 saturated heterocycles. The third-order valence-electron chi connectivity index (χ3n) is 4.69. The van der Waals surface area contributed by atoms with Crippen LogP contribution in [0.25, 0.3) is 0 Å². The second kappa shape index (κ2) is 7.46. The quantitative estimate of drug-likeness (QED) is 0.785. The fourth-order valence-electron chi connectivity index (χ4n) is 3.52. The first-order valence-corrected chi connectivity index (χ1v) is 8.47. The van der Waals surface area contributed by atoms with E-state index in [2.05, 4.69) is 39.1 Å². The van der Waals surface area contributed by atoms with Gasteiger partial charge in [0.1, 0.15) is 5.76 Å². The van der Waals surface area contributed by atoms with Crippen LogP contribution < -0.4 is 5.32 Å². The Morgan fingerprint density at radius 1 is 1.38 bits per heavy atom. The van der Waals surface area contributed by atoms with Crippen molar-refractivity contribution < 1.29 is 14.5 Å². The number of furan rings is 1. The molecular formula is C18H32NO2+. The van der Waals surface area contributed by atoms with Gasteiger partial charge >= 0.3 is 0 Å². The average molecular weight is 294 g/mol. The van der Waals surface area contributed by atoms with Gasteiger partial charge in [-0.25, -0.2) is 0 Å². The zero-order valence-electron chi connectivity index (χ0n) is 14.1. The Labute approximate surface area is 129 Å². The summed E-state index contributed by atoms with van der Waals surface area (Å²) in [5, 5.41) is 2.49. The fourth-order valence-corrected chi connectivity index (χ4v) is 3.52. The summed E-state index contributed by atoms with van der Waals surface area (Å²) in [5.41, 5.74) is 0.0748. The summed E-state index contributed by atoms with van der Waals surface area (Å²) >= 11 is 0. The minimum Gasteiger partial charge on any atom is -0.469 e. The molecule has 0 radical (unpaired) electrons. The van der Waals surface area contributed by atoms with Crippen LogP contribution in [0.1, 0.15) is 58.6 Å². The van der Waals surface area contributed by atoms with Crippen LogP contribution in [-0.4, -0.2) is 25.3 Å². The number of quaternary nitrogens is 1. The standard InChI is InChI=1S/C18H31NO2/c1-14(2)16(17-6-5-10-20-17)7-9-19-13-15-8-11-21-18(3,4)12-15/h5-6,10,14-16,19H,7-9,11-13H2,1-4H3/p+1/t15-,16-/m1/s1. The molecule has 2 N–H and O–H groups in total. The van der Waals surface area contributed by atoms with Crippen molar-refractivity contribution >= 4 is 0 Å². The van der Waals surface area contributed by atoms with E-state index >= 15 is 0 Å². The van der Waals surface area contributed by atoms with Crippen LogP contribution in [0.15, 0.2) is 22.8 Å². The van der Waals surface area contributed by atoms with E-state index in [9.17, 15) is 0 Å². The molecule has 1 aliphatic heterocycles. The molecule has 1 aromatic heterocycles. The molecule has 1 aliphatic rings. The van der Waals surface area contributed by atoms with Crippen molar-refractivity contribution in [1.29, 1.82) is 0 Å². The van der Waals surface area contributed by atoms with Gasteiger partial charge in [0.15, 0.2) is 0 Å². The van der Waals surface area contributed by atoms with Gasteiger partial charge in [-0.2, -0.15) is 0 Å². The van der Waals surface area contributed by atoms with E-state index < -0.39 is 0 Å². The molecule has 21 heavy (non-hydrogen) atoms. The van der Waals surface area contributed by atoms with Crippen LogP contribution in [0.4, 0.5) is 0 Å². The Hall–Kier alpha value is -0.800. The molecule has 3 nitrogen and oxygen atoms in total. The van der Waals surface area contributed by atoms with Gasteiger partial charge in [-0.15, -0.1) is 0 Å². The van der Waals surface area contributed by atoms with Gasteiger partial charge < -0.3 is 14.5 Å². The predicted octanol–water partition coefficient (Wildman–Crippen LogP) is 3.18. The molecule has 0 amide bonds. The highest BCUT2D eigenvalue weighted by Gasteiger charge is 2.29. The summed E-state index contributed by atoms with van der Waals surface area (Å²) in [6.07, 6.45) is 5.39. The Kier molecular flexibility index (Phi) is 5.88. The van der Waals surface area contributed by atoms with Crippen molar-refractivity contribution in [2.75, 3.05) is 19.7 Å². The molecule has 0 saturated carbocycles. The lowest BCUT2D eigenvalue weighted by atomic mass is 9.88. The molecule has 0 bridgehead atoms. The second-order valence-corrected chi connectivity index (χ2v) is 7.43. The van der Waals surface area contributed by atoms with Gasteiger partial charge in [0.25, 0.3) is 0 Å². The molecule has 2 heterocycles. The summed E-state index contributed by atoms with van der Waals surface area (Å²) in [4.78, 5) is 0. The molecule has 2 rings (SSSR count). The number of hydrogen-bond acceptors (Lipinski definition) is 2. The molecule has 0 aliphatic carbocycles. The van der Waals surface area contributed by atoms with Crippen LogP contribution in [0.5, 0.6) is 0 Å². The minimum absolute atomic E-state index is 0.0748. The minimum atomic E-state index is 0.0748. The van der Waals surface area contributed by atoms with E-state index in [-0.39, 0.29) is 5.60 Å². The van der Waals surface area contributed by atoms with Crippen molar-refractivity contribution in [2.45, 2.75) is 58.5 Å². The first-order chi connectivity index (χ1) is 9.98. The Balaban J connectivity index is 1.71. The van der Waals surface area contributed by atoms with E-state index in [0.29, 0.717) is 11.8 Å². The van der Waals surface area contributed by atoms with Crippen LogP contribution in [0.2, 0.25) is 0 Å². The normalized spacial score (nSPS) is 23.4. The third kappa shape index (κ3) is 5.15. The maximum absolute atomic E-state index is 5.79. The van der Waals surface area contributed by atoms with Gasteiger partial charge in [0.2, 0.25) is 0 Å². The Morgan fingerprint density at radius 2 is 2.19 bits per heavy atom. The molecule has 0 unspecified atom stereocenters. The van der Waals surface area contributed by atoms with Crippen LogP contribution in [0.3, 0.4) is 0 Å². The van der Waals surface area contributed by atoms with E-state index in [0.717, 1.165) is 18.3 Å².